The van der Waals surface area contributed by atoms with Gasteiger partial charge in [-0.05, 0) is 74.4 Å². The van der Waals surface area contributed by atoms with Crippen molar-refractivity contribution in [3.8, 4) is 11.1 Å². The number of ketones is 1. The van der Waals surface area contributed by atoms with Crippen LogP contribution in [0.5, 0.6) is 0 Å². The second-order valence-electron chi connectivity index (χ2n) is 8.88. The average molecular weight is 495 g/mol. The molecule has 0 saturated heterocycles. The normalized spacial score (nSPS) is 12.1. The van der Waals surface area contributed by atoms with Gasteiger partial charge in [0.05, 0.1) is 24.3 Å². The molecule has 0 amide bonds. The fourth-order valence-electron chi connectivity index (χ4n) is 4.49. The van der Waals surface area contributed by atoms with Crippen molar-refractivity contribution in [1.29, 1.82) is 0 Å². The molecule has 0 N–H and O–H groups in total. The minimum atomic E-state index is -0.435. The van der Waals surface area contributed by atoms with Crippen LogP contribution in [0, 0.1) is 0 Å². The molecule has 194 valence electrons. The number of hydrogen-bond donors (Lipinski definition) is 0. The monoisotopic (exact) mass is 494 g/mol. The zero-order valence-electron chi connectivity index (χ0n) is 22.0. The van der Waals surface area contributed by atoms with Gasteiger partial charge >= 0.3 is 11.9 Å². The van der Waals surface area contributed by atoms with Crippen molar-refractivity contribution in [3.05, 3.63) is 58.7 Å². The zero-order valence-corrected chi connectivity index (χ0v) is 22.0. The Morgan fingerprint density at radius 1 is 0.639 bits per heavy atom. The second kappa shape index (κ2) is 13.3. The van der Waals surface area contributed by atoms with Crippen LogP contribution in [0.2, 0.25) is 0 Å². The number of hydrogen-bond acceptors (Lipinski definition) is 7. The molecule has 2 aromatic rings. The summed E-state index contributed by atoms with van der Waals surface area (Å²) >= 11 is 0. The number of carbonyl (C=O) groups is 3. The molecule has 0 aliphatic heterocycles. The van der Waals surface area contributed by atoms with Gasteiger partial charge in [-0.2, -0.15) is 0 Å². The smallest absolute Gasteiger partial charge is 0.338 e. The third-order valence-corrected chi connectivity index (χ3v) is 6.78. The number of rotatable bonds is 14. The first-order valence-corrected chi connectivity index (χ1v) is 13.0. The molecule has 0 unspecified atom stereocenters. The van der Waals surface area contributed by atoms with Gasteiger partial charge in [-0.3, -0.25) is 4.79 Å². The fraction of sp³-hybridized carbons (Fsp3) is 0.483. The minimum Gasteiger partial charge on any atom is -0.462 e. The lowest BCUT2D eigenvalue weighted by Gasteiger charge is -2.17. The molecule has 0 radical (unpaired) electrons. The first-order valence-electron chi connectivity index (χ1n) is 13.0. The van der Waals surface area contributed by atoms with E-state index in [4.69, 9.17) is 9.47 Å². The number of ether oxygens (including phenoxy) is 2. The molecule has 2 aromatic carbocycles. The van der Waals surface area contributed by atoms with Gasteiger partial charge < -0.3 is 19.3 Å². The number of esters is 2. The van der Waals surface area contributed by atoms with Gasteiger partial charge in [0.1, 0.15) is 0 Å². The lowest BCUT2D eigenvalue weighted by atomic mass is 10.0. The van der Waals surface area contributed by atoms with Gasteiger partial charge in [-0.15, -0.1) is 0 Å². The van der Waals surface area contributed by atoms with Crippen LogP contribution >= 0.6 is 0 Å². The lowest BCUT2D eigenvalue weighted by Crippen LogP contribution is -2.25. The van der Waals surface area contributed by atoms with Crippen molar-refractivity contribution < 1.29 is 23.9 Å². The minimum absolute atomic E-state index is 0.202. The van der Waals surface area contributed by atoms with Crippen molar-refractivity contribution in [2.75, 3.05) is 52.5 Å². The maximum absolute atomic E-state index is 13.1. The van der Waals surface area contributed by atoms with Crippen LogP contribution in [0.4, 0.5) is 0 Å². The van der Waals surface area contributed by atoms with E-state index in [0.29, 0.717) is 35.5 Å². The Balaban J connectivity index is 1.60. The highest BCUT2D eigenvalue weighted by atomic mass is 16.5. The maximum Gasteiger partial charge on any atom is 0.338 e. The predicted molar refractivity (Wildman–Crippen MR) is 141 cm³/mol. The molecule has 0 spiro atoms. The summed E-state index contributed by atoms with van der Waals surface area (Å²) in [5, 5.41) is 0. The molecule has 0 atom stereocenters. The van der Waals surface area contributed by atoms with Crippen LogP contribution in [-0.4, -0.2) is 80.0 Å². The van der Waals surface area contributed by atoms with Crippen molar-refractivity contribution in [1.82, 2.24) is 9.80 Å². The number of benzene rings is 2. The van der Waals surface area contributed by atoms with Crippen LogP contribution in [0.15, 0.2) is 36.4 Å². The summed E-state index contributed by atoms with van der Waals surface area (Å²) in [7, 11) is 0. The number of carbonyl (C=O) groups excluding carboxylic acids is 3. The van der Waals surface area contributed by atoms with E-state index in [1.165, 1.54) is 0 Å². The first-order chi connectivity index (χ1) is 17.4. The van der Waals surface area contributed by atoms with Gasteiger partial charge in [0, 0.05) is 24.2 Å². The number of nitrogens with zero attached hydrogens (tertiary/aromatic N) is 2. The molecule has 0 saturated carbocycles. The quantitative estimate of drug-likeness (QED) is 0.238. The largest absolute Gasteiger partial charge is 0.462 e. The van der Waals surface area contributed by atoms with Crippen LogP contribution in [0.1, 0.15) is 77.2 Å². The Morgan fingerprint density at radius 2 is 1.03 bits per heavy atom. The van der Waals surface area contributed by atoms with Crippen LogP contribution in [0.25, 0.3) is 11.1 Å². The van der Waals surface area contributed by atoms with E-state index in [9.17, 15) is 14.4 Å². The SMILES string of the molecule is CCN(CC)CCCOC(=O)c1ccc2c(c1)C(=O)c1cc(C(=O)OCCCN(CC)CC)ccc1-2. The molecule has 36 heavy (non-hydrogen) atoms. The fourth-order valence-corrected chi connectivity index (χ4v) is 4.49. The molecule has 1 aliphatic rings. The average Bonchev–Trinajstić information content (AvgIpc) is 3.19. The van der Waals surface area contributed by atoms with Gasteiger partial charge in [-0.25, -0.2) is 9.59 Å². The summed E-state index contributed by atoms with van der Waals surface area (Å²) in [6.07, 6.45) is 1.52. The van der Waals surface area contributed by atoms with E-state index in [1.807, 2.05) is 0 Å². The second-order valence-corrected chi connectivity index (χ2v) is 8.88. The van der Waals surface area contributed by atoms with Crippen LogP contribution in [-0.2, 0) is 9.47 Å². The van der Waals surface area contributed by atoms with E-state index in [0.717, 1.165) is 63.2 Å². The maximum atomic E-state index is 13.1. The Kier molecular flexibility index (Phi) is 10.2. The highest BCUT2D eigenvalue weighted by molar-refractivity contribution is 6.22. The molecule has 0 aromatic heterocycles. The van der Waals surface area contributed by atoms with Crippen LogP contribution in [0.3, 0.4) is 0 Å². The summed E-state index contributed by atoms with van der Waals surface area (Å²) < 4.78 is 10.8. The third kappa shape index (κ3) is 6.59. The van der Waals surface area contributed by atoms with Crippen molar-refractivity contribution >= 4 is 17.7 Å². The van der Waals surface area contributed by atoms with Gasteiger partial charge in [0.15, 0.2) is 5.78 Å². The molecule has 7 nitrogen and oxygen atoms in total. The summed E-state index contributed by atoms with van der Waals surface area (Å²) in [6.45, 7) is 14.7. The summed E-state index contributed by atoms with van der Waals surface area (Å²) in [4.78, 5) is 42.8. The topological polar surface area (TPSA) is 76.1 Å². The van der Waals surface area contributed by atoms with Gasteiger partial charge in [-0.1, -0.05) is 39.8 Å². The lowest BCUT2D eigenvalue weighted by molar-refractivity contribution is 0.0480. The Bertz CT molecular complexity index is 990. The Labute approximate surface area is 214 Å². The highest BCUT2D eigenvalue weighted by Crippen LogP contribution is 2.37. The molecule has 1 aliphatic carbocycles. The molecular formula is C29H38N2O5. The summed E-state index contributed by atoms with van der Waals surface area (Å²) in [5.41, 5.74) is 3.12. The van der Waals surface area contributed by atoms with Crippen molar-refractivity contribution in [2.24, 2.45) is 0 Å². The Hall–Kier alpha value is -3.03. The van der Waals surface area contributed by atoms with E-state index < -0.39 is 11.9 Å². The molecule has 0 heterocycles. The van der Waals surface area contributed by atoms with Crippen molar-refractivity contribution in [3.63, 3.8) is 0 Å². The molecule has 7 heteroatoms. The van der Waals surface area contributed by atoms with Gasteiger partial charge in [0.25, 0.3) is 0 Å². The number of fused-ring (bicyclic) bond motifs is 3. The Morgan fingerprint density at radius 3 is 1.39 bits per heavy atom. The highest BCUT2D eigenvalue weighted by Gasteiger charge is 2.29. The summed E-state index contributed by atoms with van der Waals surface area (Å²) in [6, 6.07) is 10.1. The molecule has 0 bridgehead atoms. The van der Waals surface area contributed by atoms with Gasteiger partial charge in [0.2, 0.25) is 0 Å². The molecule has 0 fully saturated rings. The molecule has 3 rings (SSSR count). The van der Waals surface area contributed by atoms with Crippen molar-refractivity contribution in [2.45, 2.75) is 40.5 Å². The third-order valence-electron chi connectivity index (χ3n) is 6.78. The van der Waals surface area contributed by atoms with E-state index in [-0.39, 0.29) is 5.78 Å². The molecular weight excluding hydrogens is 456 g/mol. The van der Waals surface area contributed by atoms with Crippen LogP contribution < -0.4 is 0 Å². The van der Waals surface area contributed by atoms with E-state index >= 15 is 0 Å². The zero-order chi connectivity index (χ0) is 26.1. The first kappa shape index (κ1) is 27.6. The predicted octanol–water partition coefficient (Wildman–Crippen LogP) is 4.68. The van der Waals surface area contributed by atoms with E-state index in [2.05, 4.69) is 37.5 Å². The standard InChI is InChI=1S/C29H38N2O5/c1-5-30(6-2)15-9-17-35-28(33)21-11-13-23-24-14-12-22(20-26(24)27(32)25(23)19-21)29(34)36-18-10-16-31(7-3)8-4/h11-14,19-20H,5-10,15-18H2,1-4H3. The summed E-state index contributed by atoms with van der Waals surface area (Å²) in [5.74, 6) is -1.07. The van der Waals surface area contributed by atoms with E-state index in [1.54, 1.807) is 36.4 Å².